The van der Waals surface area contributed by atoms with Crippen LogP contribution in [0.2, 0.25) is 0 Å². The maximum Gasteiger partial charge on any atom is 0.416 e. The van der Waals surface area contributed by atoms with Crippen LogP contribution in [0.3, 0.4) is 0 Å². The van der Waals surface area contributed by atoms with Crippen molar-refractivity contribution in [3.05, 3.63) is 60.0 Å². The van der Waals surface area contributed by atoms with E-state index in [1.165, 1.54) is 12.1 Å². The highest BCUT2D eigenvalue weighted by Crippen LogP contribution is 2.13. The molecule has 0 saturated carbocycles. The van der Waals surface area contributed by atoms with E-state index in [-0.39, 0.29) is 12.4 Å². The van der Waals surface area contributed by atoms with Gasteiger partial charge in [0.25, 0.3) is 0 Å². The molecular formula is C15H13FN2O4. The van der Waals surface area contributed by atoms with Gasteiger partial charge in [-0.3, -0.25) is 9.69 Å². The van der Waals surface area contributed by atoms with Crippen molar-refractivity contribution in [2.45, 2.75) is 6.61 Å². The molecule has 0 saturated heterocycles. The largest absolute Gasteiger partial charge is 0.480 e. The minimum Gasteiger partial charge on any atom is -0.480 e. The third kappa shape index (κ3) is 4.27. The Hall–Kier alpha value is -2.96. The lowest BCUT2D eigenvalue weighted by molar-refractivity contribution is -0.135. The minimum absolute atomic E-state index is 0.0227. The fourth-order valence-electron chi connectivity index (χ4n) is 1.72. The summed E-state index contributed by atoms with van der Waals surface area (Å²) < 4.78 is 18.2. The van der Waals surface area contributed by atoms with E-state index >= 15 is 0 Å². The molecule has 1 aromatic heterocycles. The highest BCUT2D eigenvalue weighted by molar-refractivity contribution is 5.91. The van der Waals surface area contributed by atoms with Crippen LogP contribution in [0, 0.1) is 5.95 Å². The number of carbonyl (C=O) groups excluding carboxylic acids is 1. The summed E-state index contributed by atoms with van der Waals surface area (Å²) in [6.45, 7) is -0.699. The van der Waals surface area contributed by atoms with Crippen molar-refractivity contribution in [1.29, 1.82) is 0 Å². The molecule has 0 aliphatic heterocycles. The average molecular weight is 304 g/mol. The number of anilines is 1. The van der Waals surface area contributed by atoms with Gasteiger partial charge in [-0.1, -0.05) is 36.4 Å². The lowest BCUT2D eigenvalue weighted by atomic mass is 10.2. The number of rotatable bonds is 5. The van der Waals surface area contributed by atoms with Gasteiger partial charge in [0.05, 0.1) is 0 Å². The molecule has 0 spiro atoms. The molecule has 0 bridgehead atoms. The van der Waals surface area contributed by atoms with Crippen LogP contribution < -0.4 is 4.90 Å². The summed E-state index contributed by atoms with van der Waals surface area (Å²) in [6, 6.07) is 12.7. The molecule has 2 rings (SSSR count). The third-order valence-corrected chi connectivity index (χ3v) is 2.70. The van der Waals surface area contributed by atoms with Crippen molar-refractivity contribution in [1.82, 2.24) is 4.98 Å². The number of ether oxygens (including phenoxy) is 1. The minimum atomic E-state index is -1.26. The molecule has 22 heavy (non-hydrogen) atoms. The molecule has 6 nitrogen and oxygen atoms in total. The van der Waals surface area contributed by atoms with Gasteiger partial charge in [0.1, 0.15) is 19.0 Å². The maximum absolute atomic E-state index is 13.1. The molecule has 114 valence electrons. The number of carboxylic acids is 1. The zero-order valence-corrected chi connectivity index (χ0v) is 11.5. The molecule has 0 aliphatic rings. The molecule has 0 radical (unpaired) electrons. The van der Waals surface area contributed by atoms with Gasteiger partial charge < -0.3 is 9.84 Å². The fraction of sp³-hybridized carbons (Fsp3) is 0.133. The Kier molecular flexibility index (Phi) is 5.02. The van der Waals surface area contributed by atoms with E-state index in [9.17, 15) is 14.0 Å². The molecule has 0 unspecified atom stereocenters. The Balaban J connectivity index is 2.11. The number of halogens is 1. The van der Waals surface area contributed by atoms with Crippen LogP contribution in [-0.4, -0.2) is 28.7 Å². The Morgan fingerprint density at radius 1 is 1.14 bits per heavy atom. The topological polar surface area (TPSA) is 79.7 Å². The first-order valence-corrected chi connectivity index (χ1v) is 6.39. The highest BCUT2D eigenvalue weighted by Gasteiger charge is 2.22. The van der Waals surface area contributed by atoms with Crippen LogP contribution in [0.1, 0.15) is 5.56 Å². The van der Waals surface area contributed by atoms with Gasteiger partial charge in [-0.25, -0.2) is 9.78 Å². The lowest BCUT2D eigenvalue weighted by Crippen LogP contribution is -2.36. The van der Waals surface area contributed by atoms with Crippen LogP contribution in [0.5, 0.6) is 0 Å². The second-order valence-corrected chi connectivity index (χ2v) is 4.34. The van der Waals surface area contributed by atoms with Gasteiger partial charge in [-0.15, -0.1) is 0 Å². The van der Waals surface area contributed by atoms with Gasteiger partial charge in [-0.05, 0) is 17.7 Å². The van der Waals surface area contributed by atoms with Crippen molar-refractivity contribution >= 4 is 17.9 Å². The summed E-state index contributed by atoms with van der Waals surface area (Å²) in [6.07, 6.45) is -0.913. The van der Waals surface area contributed by atoms with Crippen LogP contribution in [0.4, 0.5) is 15.0 Å². The Bertz CT molecular complexity index is 664. The summed E-state index contributed by atoms with van der Waals surface area (Å²) in [7, 11) is 0. The second kappa shape index (κ2) is 7.16. The summed E-state index contributed by atoms with van der Waals surface area (Å²) in [5.74, 6) is -2.20. The second-order valence-electron chi connectivity index (χ2n) is 4.34. The number of carbonyl (C=O) groups is 2. The summed E-state index contributed by atoms with van der Waals surface area (Å²) in [5, 5.41) is 8.88. The third-order valence-electron chi connectivity index (χ3n) is 2.70. The molecule has 1 heterocycles. The fourth-order valence-corrected chi connectivity index (χ4v) is 1.72. The summed E-state index contributed by atoms with van der Waals surface area (Å²) >= 11 is 0. The van der Waals surface area contributed by atoms with Gasteiger partial charge in [0.15, 0.2) is 0 Å². The highest BCUT2D eigenvalue weighted by atomic mass is 19.1. The summed E-state index contributed by atoms with van der Waals surface area (Å²) in [5.41, 5.74) is 0.748. The smallest absolute Gasteiger partial charge is 0.416 e. The van der Waals surface area contributed by atoms with Crippen molar-refractivity contribution < 1.29 is 23.8 Å². The van der Waals surface area contributed by atoms with E-state index in [0.29, 0.717) is 0 Å². The molecular weight excluding hydrogens is 291 g/mol. The Labute approximate surface area is 125 Å². The monoisotopic (exact) mass is 304 g/mol. The molecule has 0 atom stereocenters. The quantitative estimate of drug-likeness (QED) is 0.858. The van der Waals surface area contributed by atoms with E-state index in [4.69, 9.17) is 9.84 Å². The molecule has 2 aromatic rings. The number of nitrogens with zero attached hydrogens (tertiary/aromatic N) is 2. The normalized spacial score (nSPS) is 10.0. The van der Waals surface area contributed by atoms with E-state index in [0.717, 1.165) is 16.5 Å². The van der Waals surface area contributed by atoms with Crippen molar-refractivity contribution in [2.75, 3.05) is 11.4 Å². The van der Waals surface area contributed by atoms with Gasteiger partial charge >= 0.3 is 12.1 Å². The Morgan fingerprint density at radius 2 is 1.86 bits per heavy atom. The molecule has 1 aromatic carbocycles. The van der Waals surface area contributed by atoms with Crippen molar-refractivity contribution in [3.8, 4) is 0 Å². The number of carboxylic acid groups (broad SMARTS) is 1. The van der Waals surface area contributed by atoms with Crippen LogP contribution in [-0.2, 0) is 16.1 Å². The van der Waals surface area contributed by atoms with E-state index in [2.05, 4.69) is 4.98 Å². The van der Waals surface area contributed by atoms with Gasteiger partial charge in [0.2, 0.25) is 5.95 Å². The van der Waals surface area contributed by atoms with E-state index in [1.54, 1.807) is 24.3 Å². The van der Waals surface area contributed by atoms with Gasteiger partial charge in [-0.2, -0.15) is 4.39 Å². The predicted molar refractivity (Wildman–Crippen MR) is 75.8 cm³/mol. The number of pyridine rings is 1. The average Bonchev–Trinajstić information content (AvgIpc) is 2.51. The number of hydrogen-bond donors (Lipinski definition) is 1. The first kappa shape index (κ1) is 15.4. The van der Waals surface area contributed by atoms with Crippen molar-refractivity contribution in [3.63, 3.8) is 0 Å². The van der Waals surface area contributed by atoms with Crippen molar-refractivity contribution in [2.24, 2.45) is 0 Å². The predicted octanol–water partition coefficient (Wildman–Crippen LogP) is 2.45. The van der Waals surface area contributed by atoms with E-state index in [1.807, 2.05) is 6.07 Å². The van der Waals surface area contributed by atoms with E-state index < -0.39 is 24.6 Å². The molecule has 1 N–H and O–H groups in total. The molecule has 0 fully saturated rings. The number of amides is 1. The maximum atomic E-state index is 13.1. The molecule has 0 aliphatic carbocycles. The number of hydrogen-bond acceptors (Lipinski definition) is 4. The standard InChI is InChI=1S/C15H13FN2O4/c16-12-7-4-8-13(17-12)18(9-14(19)20)15(21)22-10-11-5-2-1-3-6-11/h1-8H,9-10H2,(H,19,20). The summed E-state index contributed by atoms with van der Waals surface area (Å²) in [4.78, 5) is 27.2. The number of aromatic nitrogens is 1. The van der Waals surface area contributed by atoms with Crippen LogP contribution >= 0.6 is 0 Å². The lowest BCUT2D eigenvalue weighted by Gasteiger charge is -2.19. The number of aliphatic carboxylic acids is 1. The molecule has 1 amide bonds. The first-order valence-electron chi connectivity index (χ1n) is 6.39. The zero-order chi connectivity index (χ0) is 15.9. The van der Waals surface area contributed by atoms with Gasteiger partial charge in [0, 0.05) is 0 Å². The zero-order valence-electron chi connectivity index (χ0n) is 11.5. The SMILES string of the molecule is O=C(O)CN(C(=O)OCc1ccccc1)c1cccc(F)n1. The number of benzene rings is 1. The van der Waals surface area contributed by atoms with Crippen LogP contribution in [0.15, 0.2) is 48.5 Å². The van der Waals surface area contributed by atoms with Crippen LogP contribution in [0.25, 0.3) is 0 Å². The first-order chi connectivity index (χ1) is 10.6. The molecule has 7 heteroatoms. The Morgan fingerprint density at radius 3 is 2.50 bits per heavy atom.